The molecule has 0 bridgehead atoms. The Balaban J connectivity index is 1.65. The van der Waals surface area contributed by atoms with Crippen molar-refractivity contribution in [3.63, 3.8) is 0 Å². The molecule has 2 fully saturated rings. The SMILES string of the molecule is [2H]C([2H])([2H])C([2H])(CN(C[C@@H](O)[C@H](Cc1ccccc1)NC(=O)O[C@H]1CO[C@@]2([2H])OCC[C@@H]12)S(=O)(=O)c1ccc(N)cc1)C([2H])([2H])[2H]. The van der Waals surface area contributed by atoms with Crippen molar-refractivity contribution in [2.24, 2.45) is 11.8 Å². The van der Waals surface area contributed by atoms with Crippen LogP contribution in [0.1, 0.15) is 36.7 Å². The summed E-state index contributed by atoms with van der Waals surface area (Å²) in [6.07, 6.45) is -4.88. The third-order valence-electron chi connectivity index (χ3n) is 6.38. The van der Waals surface area contributed by atoms with Crippen molar-refractivity contribution in [3.05, 3.63) is 60.2 Å². The van der Waals surface area contributed by atoms with Gasteiger partial charge in [-0.2, -0.15) is 4.31 Å². The molecule has 2 aliphatic heterocycles. The van der Waals surface area contributed by atoms with Crippen LogP contribution >= 0.6 is 0 Å². The molecule has 0 unspecified atom stereocenters. The highest BCUT2D eigenvalue weighted by molar-refractivity contribution is 7.89. The zero-order chi connectivity index (χ0) is 34.1. The molecule has 10 nitrogen and oxygen atoms in total. The minimum atomic E-state index is -4.73. The summed E-state index contributed by atoms with van der Waals surface area (Å²) in [5, 5.41) is 14.0. The summed E-state index contributed by atoms with van der Waals surface area (Å²) in [6, 6.07) is 12.1. The second-order valence-corrected chi connectivity index (χ2v) is 11.1. The van der Waals surface area contributed by atoms with Gasteiger partial charge in [0.1, 0.15) is 6.10 Å². The lowest BCUT2D eigenvalue weighted by molar-refractivity contribution is -0.0907. The quantitative estimate of drug-likeness (QED) is 0.359. The molecule has 0 aliphatic carbocycles. The fourth-order valence-corrected chi connectivity index (χ4v) is 5.84. The average molecular weight is 556 g/mol. The number of nitrogens with zero attached hydrogens (tertiary/aromatic N) is 1. The first-order chi connectivity index (χ1) is 21.3. The largest absolute Gasteiger partial charge is 0.443 e. The second-order valence-electron chi connectivity index (χ2n) is 9.17. The first kappa shape index (κ1) is 19.4. The molecule has 4 N–H and O–H groups in total. The van der Waals surface area contributed by atoms with Crippen LogP contribution in [-0.2, 0) is 30.7 Å². The topological polar surface area (TPSA) is 140 Å². The van der Waals surface area contributed by atoms with Crippen LogP contribution in [0.25, 0.3) is 0 Å². The summed E-state index contributed by atoms with van der Waals surface area (Å²) >= 11 is 0. The highest BCUT2D eigenvalue weighted by atomic mass is 32.2. The molecule has 0 radical (unpaired) electrons. The Kier molecular flexibility index (Phi) is 6.34. The number of hydrogen-bond donors (Lipinski definition) is 3. The highest BCUT2D eigenvalue weighted by Gasteiger charge is 2.44. The molecule has 2 aromatic carbocycles. The summed E-state index contributed by atoms with van der Waals surface area (Å²) in [5.41, 5.74) is 6.53. The van der Waals surface area contributed by atoms with E-state index in [2.05, 4.69) is 5.32 Å². The Labute approximate surface area is 235 Å². The van der Waals surface area contributed by atoms with Gasteiger partial charge in [-0.15, -0.1) is 0 Å². The smallest absolute Gasteiger partial charge is 0.407 e. The number of ether oxygens (including phenoxy) is 3. The molecule has 5 atom stereocenters. The van der Waals surface area contributed by atoms with E-state index >= 15 is 0 Å². The summed E-state index contributed by atoms with van der Waals surface area (Å²) in [4.78, 5) is 12.7. The van der Waals surface area contributed by atoms with Gasteiger partial charge < -0.3 is 30.4 Å². The van der Waals surface area contributed by atoms with Gasteiger partial charge in [-0.25, -0.2) is 13.2 Å². The molecule has 1 amide bonds. The number of alkyl carbamates (subject to hydrolysis) is 1. The number of fused-ring (bicyclic) bond motifs is 1. The standard InChI is InChI=1S/C27H37N3O7S/c1-18(2)15-30(38(33,34)21-10-8-20(28)9-11-21)16-24(31)23(14-19-6-4-3-5-7-19)29-27(32)37-25-17-36-26-22(25)12-13-35-26/h3-11,18,22-26,31H,12-17,28H2,1-2H3,(H,29,32)/t22-,23-,24+,25-,26+/m0/s1/i1D3,2D3,18D,26D. The van der Waals surface area contributed by atoms with E-state index in [1.165, 1.54) is 12.1 Å². The summed E-state index contributed by atoms with van der Waals surface area (Å²) in [6.45, 7) is -9.05. The van der Waals surface area contributed by atoms with Crippen LogP contribution in [0, 0.1) is 11.8 Å². The van der Waals surface area contributed by atoms with Gasteiger partial charge in [-0.3, -0.25) is 0 Å². The molecule has 2 aliphatic rings. The fraction of sp³-hybridized carbons (Fsp3) is 0.519. The van der Waals surface area contributed by atoms with E-state index in [9.17, 15) is 18.3 Å². The Morgan fingerprint density at radius 3 is 2.68 bits per heavy atom. The van der Waals surface area contributed by atoms with Gasteiger partial charge in [0.05, 0.1) is 37.5 Å². The van der Waals surface area contributed by atoms with Gasteiger partial charge in [0.25, 0.3) is 0 Å². The van der Waals surface area contributed by atoms with Gasteiger partial charge in [0.15, 0.2) is 6.27 Å². The molecule has 4 rings (SSSR count). The second kappa shape index (κ2) is 12.4. The Hall–Kier alpha value is -2.70. The summed E-state index contributed by atoms with van der Waals surface area (Å²) in [5.74, 6) is -3.85. The van der Waals surface area contributed by atoms with Crippen molar-refractivity contribution in [2.75, 3.05) is 32.0 Å². The number of aliphatic hydroxyl groups excluding tert-OH is 1. The average Bonchev–Trinajstić information content (AvgIpc) is 3.48. The number of rotatable bonds is 11. The number of sulfonamides is 1. The number of amides is 1. The zero-order valence-electron chi connectivity index (χ0n) is 28.6. The first-order valence-corrected chi connectivity index (χ1v) is 13.5. The predicted molar refractivity (Wildman–Crippen MR) is 142 cm³/mol. The van der Waals surface area contributed by atoms with Crippen molar-refractivity contribution in [1.82, 2.24) is 9.62 Å². The van der Waals surface area contributed by atoms with Crippen molar-refractivity contribution in [1.29, 1.82) is 0 Å². The molecule has 0 saturated carbocycles. The van der Waals surface area contributed by atoms with E-state index in [0.29, 0.717) is 16.3 Å². The van der Waals surface area contributed by atoms with E-state index < -0.39 is 84.1 Å². The minimum absolute atomic E-state index is 0.0481. The summed E-state index contributed by atoms with van der Waals surface area (Å²) < 4.78 is 108. The number of nitrogen functional groups attached to an aromatic ring is 1. The van der Waals surface area contributed by atoms with E-state index in [4.69, 9.17) is 30.9 Å². The van der Waals surface area contributed by atoms with Crippen LogP contribution in [0.3, 0.4) is 0 Å². The molecule has 2 saturated heterocycles. The minimum Gasteiger partial charge on any atom is -0.443 e. The van der Waals surface area contributed by atoms with Gasteiger partial charge in [0.2, 0.25) is 10.0 Å². The number of nitrogens with two attached hydrogens (primary N) is 1. The lowest BCUT2D eigenvalue weighted by atomic mass is 10.0. The van der Waals surface area contributed by atoms with Crippen molar-refractivity contribution < 1.29 is 43.5 Å². The number of aliphatic hydroxyl groups is 1. The predicted octanol–water partition coefficient (Wildman–Crippen LogP) is 2.38. The number of nitrogens with one attached hydrogen (secondary N) is 1. The molecule has 208 valence electrons. The van der Waals surface area contributed by atoms with Gasteiger partial charge >= 0.3 is 6.09 Å². The monoisotopic (exact) mass is 555 g/mol. The number of carbonyl (C=O) groups is 1. The van der Waals surface area contributed by atoms with Crippen molar-refractivity contribution in [3.8, 4) is 0 Å². The van der Waals surface area contributed by atoms with Gasteiger partial charge in [-0.1, -0.05) is 44.0 Å². The maximum absolute atomic E-state index is 13.8. The van der Waals surface area contributed by atoms with Crippen LogP contribution in [0.15, 0.2) is 59.5 Å². The fourth-order valence-electron chi connectivity index (χ4n) is 4.42. The molecule has 38 heavy (non-hydrogen) atoms. The first-order valence-electron chi connectivity index (χ1n) is 16.1. The molecule has 0 aromatic heterocycles. The Morgan fingerprint density at radius 2 is 1.97 bits per heavy atom. The van der Waals surface area contributed by atoms with Gasteiger partial charge in [-0.05, 0) is 48.6 Å². The van der Waals surface area contributed by atoms with Crippen molar-refractivity contribution in [2.45, 2.75) is 56.0 Å². The molecular weight excluding hydrogens is 510 g/mol. The number of anilines is 1. The van der Waals surface area contributed by atoms with Gasteiger partial charge in [0, 0.05) is 28.4 Å². The molecule has 2 heterocycles. The summed E-state index contributed by atoms with van der Waals surface area (Å²) in [7, 11) is -4.73. The van der Waals surface area contributed by atoms with Crippen LogP contribution in [0.5, 0.6) is 0 Å². The van der Waals surface area contributed by atoms with Crippen LogP contribution in [0.2, 0.25) is 0 Å². The van der Waals surface area contributed by atoms with E-state index in [-0.39, 0.29) is 25.3 Å². The maximum Gasteiger partial charge on any atom is 0.407 e. The third-order valence-corrected chi connectivity index (χ3v) is 8.21. The molecule has 11 heteroatoms. The third kappa shape index (κ3) is 7.03. The van der Waals surface area contributed by atoms with Crippen molar-refractivity contribution >= 4 is 21.8 Å². The maximum atomic E-state index is 13.8. The Bertz CT molecular complexity index is 1450. The molecule has 2 aromatic rings. The van der Waals surface area contributed by atoms with E-state index in [0.717, 1.165) is 12.1 Å². The van der Waals surface area contributed by atoms with E-state index in [1.54, 1.807) is 30.3 Å². The number of benzene rings is 2. The lowest BCUT2D eigenvalue weighted by Gasteiger charge is -2.31. The zero-order valence-corrected chi connectivity index (χ0v) is 21.4. The number of hydrogen-bond acceptors (Lipinski definition) is 8. The van der Waals surface area contributed by atoms with Crippen LogP contribution in [-0.4, -0.2) is 74.7 Å². The van der Waals surface area contributed by atoms with Crippen LogP contribution < -0.4 is 11.1 Å². The normalized spacial score (nSPS) is 28.8. The Morgan fingerprint density at radius 1 is 1.24 bits per heavy atom. The number of carbonyl (C=O) groups excluding carboxylic acids is 1. The highest BCUT2D eigenvalue weighted by Crippen LogP contribution is 2.33. The van der Waals surface area contributed by atoms with E-state index in [1.807, 2.05) is 0 Å². The lowest BCUT2D eigenvalue weighted by Crippen LogP contribution is -2.51. The van der Waals surface area contributed by atoms with Crippen LogP contribution in [0.4, 0.5) is 10.5 Å². The molecule has 0 spiro atoms. The molecular formula is C27H37N3O7S.